The van der Waals surface area contributed by atoms with Crippen molar-refractivity contribution in [3.05, 3.63) is 53.7 Å². The van der Waals surface area contributed by atoms with Gasteiger partial charge in [-0.05, 0) is 5.56 Å². The quantitative estimate of drug-likeness (QED) is 0.670. The highest BCUT2D eigenvalue weighted by Gasteiger charge is 2.10. The molecule has 27 heavy (non-hydrogen) atoms. The van der Waals surface area contributed by atoms with Crippen LogP contribution in [-0.4, -0.2) is 69.6 Å². The number of nitrogens with zero attached hydrogens (tertiary/aromatic N) is 4. The molecule has 1 aliphatic heterocycles. The highest BCUT2D eigenvalue weighted by Crippen LogP contribution is 2.20. The number of benzene rings is 1. The summed E-state index contributed by atoms with van der Waals surface area (Å²) in [5, 5.41) is 0. The lowest BCUT2D eigenvalue weighted by Crippen LogP contribution is -2.38. The van der Waals surface area contributed by atoms with Crippen molar-refractivity contribution in [1.82, 2.24) is 9.88 Å². The Morgan fingerprint density at radius 1 is 1.19 bits per heavy atom. The van der Waals surface area contributed by atoms with Crippen LogP contribution in [0, 0.1) is 0 Å². The molecule has 3 rings (SSSR count). The van der Waals surface area contributed by atoms with E-state index in [0.717, 1.165) is 55.7 Å². The first-order valence-corrected chi connectivity index (χ1v) is 9.37. The molecule has 6 nitrogen and oxygen atoms in total. The lowest BCUT2D eigenvalue weighted by atomic mass is 10.2. The van der Waals surface area contributed by atoms with Crippen LogP contribution < -0.4 is 9.64 Å². The number of hydrogen-bond acceptors (Lipinski definition) is 6. The number of hydrogen-bond donors (Lipinski definition) is 0. The Hall–Kier alpha value is -2.44. The summed E-state index contributed by atoms with van der Waals surface area (Å²) in [5.74, 6) is 1.72. The first kappa shape index (κ1) is 19.3. The molecule has 0 amide bonds. The standard InChI is InChI=1S/C21H28N4O2/c1-24(2)21-15-20(27-13-10-25-8-11-26-12-9-25)14-19(23-21)17-22-16-18-6-4-3-5-7-18/h3-7,14-16H,8-13,17H2,1-2H3. The van der Waals surface area contributed by atoms with Gasteiger partial charge in [-0.2, -0.15) is 0 Å². The maximum absolute atomic E-state index is 6.00. The monoisotopic (exact) mass is 368 g/mol. The van der Waals surface area contributed by atoms with Crippen molar-refractivity contribution in [3.63, 3.8) is 0 Å². The number of morpholine rings is 1. The molecule has 1 saturated heterocycles. The molecule has 1 aliphatic rings. The van der Waals surface area contributed by atoms with Crippen LogP contribution in [0.1, 0.15) is 11.3 Å². The van der Waals surface area contributed by atoms with Gasteiger partial charge in [-0.3, -0.25) is 9.89 Å². The third-order valence-electron chi connectivity index (χ3n) is 4.37. The first-order chi connectivity index (χ1) is 13.2. The molecule has 6 heteroatoms. The SMILES string of the molecule is CN(C)c1cc(OCCN2CCOCC2)cc(CN=Cc2ccccc2)n1. The van der Waals surface area contributed by atoms with E-state index in [-0.39, 0.29) is 0 Å². The molecule has 0 unspecified atom stereocenters. The third-order valence-corrected chi connectivity index (χ3v) is 4.37. The summed E-state index contributed by atoms with van der Waals surface area (Å²) in [6, 6.07) is 14.0. The fraction of sp³-hybridized carbons (Fsp3) is 0.429. The Morgan fingerprint density at radius 3 is 2.70 bits per heavy atom. The van der Waals surface area contributed by atoms with E-state index in [2.05, 4.69) is 14.9 Å². The molecule has 0 radical (unpaired) electrons. The van der Waals surface area contributed by atoms with Crippen LogP contribution in [0.4, 0.5) is 5.82 Å². The van der Waals surface area contributed by atoms with Crippen molar-refractivity contribution in [2.45, 2.75) is 6.54 Å². The van der Waals surface area contributed by atoms with Gasteiger partial charge in [0, 0.05) is 52.1 Å². The van der Waals surface area contributed by atoms with Crippen molar-refractivity contribution in [3.8, 4) is 5.75 Å². The van der Waals surface area contributed by atoms with E-state index < -0.39 is 0 Å². The lowest BCUT2D eigenvalue weighted by Gasteiger charge is -2.26. The van der Waals surface area contributed by atoms with Crippen LogP contribution in [0.5, 0.6) is 5.75 Å². The lowest BCUT2D eigenvalue weighted by molar-refractivity contribution is 0.0322. The molecule has 0 atom stereocenters. The molecule has 1 aromatic heterocycles. The van der Waals surface area contributed by atoms with Gasteiger partial charge in [-0.25, -0.2) is 4.98 Å². The summed E-state index contributed by atoms with van der Waals surface area (Å²) in [7, 11) is 3.97. The summed E-state index contributed by atoms with van der Waals surface area (Å²) >= 11 is 0. The number of aliphatic imine (C=N–C) groups is 1. The maximum Gasteiger partial charge on any atom is 0.132 e. The van der Waals surface area contributed by atoms with Crippen LogP contribution in [0.25, 0.3) is 0 Å². The average molecular weight is 368 g/mol. The second kappa shape index (κ2) is 10.0. The van der Waals surface area contributed by atoms with Gasteiger partial charge in [0.25, 0.3) is 0 Å². The van der Waals surface area contributed by atoms with E-state index in [9.17, 15) is 0 Å². The van der Waals surface area contributed by atoms with Crippen molar-refractivity contribution in [1.29, 1.82) is 0 Å². The highest BCUT2D eigenvalue weighted by molar-refractivity contribution is 5.79. The molecular weight excluding hydrogens is 340 g/mol. The number of rotatable bonds is 8. The summed E-state index contributed by atoms with van der Waals surface area (Å²) in [4.78, 5) is 13.5. The second-order valence-electron chi connectivity index (χ2n) is 6.73. The minimum absolute atomic E-state index is 0.524. The molecule has 0 bridgehead atoms. The molecule has 2 heterocycles. The zero-order chi connectivity index (χ0) is 18.9. The van der Waals surface area contributed by atoms with Crippen LogP contribution >= 0.6 is 0 Å². The Labute approximate surface area is 161 Å². The fourth-order valence-electron chi connectivity index (χ4n) is 2.84. The minimum Gasteiger partial charge on any atom is -0.492 e. The Bertz CT molecular complexity index is 728. The van der Waals surface area contributed by atoms with E-state index in [1.54, 1.807) is 0 Å². The molecular formula is C21H28N4O2. The zero-order valence-electron chi connectivity index (χ0n) is 16.2. The molecule has 0 saturated carbocycles. The van der Waals surface area contributed by atoms with Crippen molar-refractivity contribution in [2.24, 2.45) is 4.99 Å². The molecule has 1 aromatic carbocycles. The van der Waals surface area contributed by atoms with E-state index in [1.165, 1.54) is 0 Å². The van der Waals surface area contributed by atoms with E-state index >= 15 is 0 Å². The summed E-state index contributed by atoms with van der Waals surface area (Å²) in [5.41, 5.74) is 1.98. The summed E-state index contributed by atoms with van der Waals surface area (Å²) < 4.78 is 11.4. The Morgan fingerprint density at radius 2 is 1.96 bits per heavy atom. The van der Waals surface area contributed by atoms with Gasteiger partial charge in [0.15, 0.2) is 0 Å². The van der Waals surface area contributed by atoms with Crippen molar-refractivity contribution < 1.29 is 9.47 Å². The first-order valence-electron chi connectivity index (χ1n) is 9.37. The van der Waals surface area contributed by atoms with E-state index in [1.807, 2.05) is 67.7 Å². The number of anilines is 1. The molecule has 2 aromatic rings. The van der Waals surface area contributed by atoms with Crippen molar-refractivity contribution in [2.75, 3.05) is 58.5 Å². The molecule has 0 N–H and O–H groups in total. The van der Waals surface area contributed by atoms with Gasteiger partial charge in [0.2, 0.25) is 0 Å². The average Bonchev–Trinajstić information content (AvgIpc) is 2.69. The van der Waals surface area contributed by atoms with Gasteiger partial charge < -0.3 is 14.4 Å². The normalized spacial score (nSPS) is 15.2. The van der Waals surface area contributed by atoms with Crippen LogP contribution in [0.3, 0.4) is 0 Å². The zero-order valence-corrected chi connectivity index (χ0v) is 16.2. The molecule has 1 fully saturated rings. The number of ether oxygens (including phenoxy) is 2. The second-order valence-corrected chi connectivity index (χ2v) is 6.73. The van der Waals surface area contributed by atoms with Crippen molar-refractivity contribution >= 4 is 12.0 Å². The van der Waals surface area contributed by atoms with E-state index in [4.69, 9.17) is 9.47 Å². The summed E-state index contributed by atoms with van der Waals surface area (Å²) in [6.07, 6.45) is 1.88. The van der Waals surface area contributed by atoms with E-state index in [0.29, 0.717) is 13.2 Å². The number of aromatic nitrogens is 1. The highest BCUT2D eigenvalue weighted by atomic mass is 16.5. The van der Waals surface area contributed by atoms with Gasteiger partial charge >= 0.3 is 0 Å². The third kappa shape index (κ3) is 6.34. The Balaban J connectivity index is 1.60. The smallest absolute Gasteiger partial charge is 0.132 e. The van der Waals surface area contributed by atoms with Crippen LogP contribution in [0.2, 0.25) is 0 Å². The maximum atomic E-state index is 6.00. The van der Waals surface area contributed by atoms with Crippen LogP contribution in [-0.2, 0) is 11.3 Å². The summed E-state index contributed by atoms with van der Waals surface area (Å²) in [6.45, 7) is 5.65. The molecule has 144 valence electrons. The minimum atomic E-state index is 0.524. The topological polar surface area (TPSA) is 50.2 Å². The fourth-order valence-corrected chi connectivity index (χ4v) is 2.84. The molecule has 0 spiro atoms. The molecule has 0 aliphatic carbocycles. The largest absolute Gasteiger partial charge is 0.492 e. The van der Waals surface area contributed by atoms with Gasteiger partial charge in [0.05, 0.1) is 25.5 Å². The van der Waals surface area contributed by atoms with Crippen LogP contribution in [0.15, 0.2) is 47.5 Å². The predicted molar refractivity (Wildman–Crippen MR) is 109 cm³/mol. The van der Waals surface area contributed by atoms with Gasteiger partial charge in [-0.1, -0.05) is 30.3 Å². The Kier molecular flexibility index (Phi) is 7.19. The van der Waals surface area contributed by atoms with Gasteiger partial charge in [-0.15, -0.1) is 0 Å². The number of pyridine rings is 1. The van der Waals surface area contributed by atoms with Gasteiger partial charge in [0.1, 0.15) is 18.2 Å². The predicted octanol–water partition coefficient (Wildman–Crippen LogP) is 2.48.